The number of thioether (sulfide) groups is 1. The molecule has 0 atom stereocenters. The maximum Gasteiger partial charge on any atom is 0.288 e. The van der Waals surface area contributed by atoms with Gasteiger partial charge in [0.2, 0.25) is 5.91 Å². The van der Waals surface area contributed by atoms with Crippen molar-refractivity contribution in [2.45, 2.75) is 0 Å². The summed E-state index contributed by atoms with van der Waals surface area (Å²) in [6, 6.07) is 7.74. The molecule has 0 radical (unpaired) electrons. The first-order valence-electron chi connectivity index (χ1n) is 5.13. The number of hydrogen-bond acceptors (Lipinski definition) is 4. The highest BCUT2D eigenvalue weighted by atomic mass is 79.9. The van der Waals surface area contributed by atoms with Crippen LogP contribution in [0.4, 0.5) is 10.5 Å². The molecule has 90 valence electrons. The van der Waals surface area contributed by atoms with Gasteiger partial charge >= 0.3 is 0 Å². The van der Waals surface area contributed by atoms with Crippen LogP contribution in [0, 0.1) is 0 Å². The highest BCUT2D eigenvalue weighted by Gasteiger charge is 2.28. The monoisotopic (exact) mass is 314 g/mol. The molecule has 1 N–H and O–H groups in total. The van der Waals surface area contributed by atoms with Gasteiger partial charge in [-0.3, -0.25) is 14.5 Å². The Labute approximate surface area is 112 Å². The maximum absolute atomic E-state index is 11.3. The number of nitrogens with one attached hydrogen (secondary N) is 1. The Morgan fingerprint density at radius 1 is 1.29 bits per heavy atom. The van der Waals surface area contributed by atoms with Gasteiger partial charge in [-0.25, -0.2) is 0 Å². The number of anilines is 1. The molecule has 0 aliphatic carbocycles. The van der Waals surface area contributed by atoms with Gasteiger partial charge in [-0.1, -0.05) is 27.7 Å². The molecule has 4 nitrogen and oxygen atoms in total. The van der Waals surface area contributed by atoms with Crippen molar-refractivity contribution in [3.05, 3.63) is 28.7 Å². The summed E-state index contributed by atoms with van der Waals surface area (Å²) in [5.41, 5.74) is 0.972. The smallest absolute Gasteiger partial charge is 0.288 e. The molecule has 0 saturated carbocycles. The van der Waals surface area contributed by atoms with E-state index in [-0.39, 0.29) is 16.9 Å². The number of nitrogens with zero attached hydrogens (tertiary/aromatic N) is 1. The average Bonchev–Trinajstić information content (AvgIpc) is 2.63. The molecule has 0 aromatic heterocycles. The minimum absolute atomic E-state index is 0.0994. The normalized spacial score (nSPS) is 15.5. The number of imide groups is 1. The molecule has 2 amide bonds. The Hall–Kier alpha value is -1.01. The van der Waals surface area contributed by atoms with Crippen LogP contribution in [0.5, 0.6) is 0 Å². The van der Waals surface area contributed by atoms with E-state index in [1.807, 2.05) is 24.3 Å². The molecule has 0 unspecified atom stereocenters. The van der Waals surface area contributed by atoms with Crippen LogP contribution in [0.1, 0.15) is 0 Å². The quantitative estimate of drug-likeness (QED) is 0.928. The number of benzene rings is 1. The predicted molar refractivity (Wildman–Crippen MR) is 72.2 cm³/mol. The van der Waals surface area contributed by atoms with Crippen molar-refractivity contribution in [1.82, 2.24) is 4.90 Å². The van der Waals surface area contributed by atoms with E-state index in [9.17, 15) is 9.59 Å². The van der Waals surface area contributed by atoms with Crippen molar-refractivity contribution in [2.24, 2.45) is 0 Å². The van der Waals surface area contributed by atoms with Crippen molar-refractivity contribution >= 4 is 44.5 Å². The Kier molecular flexibility index (Phi) is 4.06. The van der Waals surface area contributed by atoms with E-state index < -0.39 is 0 Å². The zero-order chi connectivity index (χ0) is 12.3. The number of carbonyl (C=O) groups is 2. The molecular formula is C11H11BrN2O2S. The third-order valence-corrected chi connectivity index (χ3v) is 3.74. The molecule has 2 rings (SSSR count). The number of hydrogen-bond donors (Lipinski definition) is 1. The van der Waals surface area contributed by atoms with E-state index in [1.165, 1.54) is 4.90 Å². The molecular weight excluding hydrogens is 304 g/mol. The summed E-state index contributed by atoms with van der Waals surface area (Å²) < 4.78 is 1.02. The van der Waals surface area contributed by atoms with Gasteiger partial charge in [0.1, 0.15) is 0 Å². The van der Waals surface area contributed by atoms with Crippen LogP contribution in [-0.2, 0) is 4.79 Å². The van der Waals surface area contributed by atoms with Crippen LogP contribution in [0.3, 0.4) is 0 Å². The first-order chi connectivity index (χ1) is 8.16. The van der Waals surface area contributed by atoms with Crippen LogP contribution >= 0.6 is 27.7 Å². The van der Waals surface area contributed by atoms with Gasteiger partial charge < -0.3 is 5.32 Å². The summed E-state index contributed by atoms with van der Waals surface area (Å²) in [5, 5.41) is 3.02. The van der Waals surface area contributed by atoms with Gasteiger partial charge in [-0.15, -0.1) is 0 Å². The van der Waals surface area contributed by atoms with Gasteiger partial charge in [0.15, 0.2) is 0 Å². The lowest BCUT2D eigenvalue weighted by atomic mass is 10.3. The van der Waals surface area contributed by atoms with Gasteiger partial charge in [0.25, 0.3) is 5.24 Å². The Bertz CT molecular complexity index is 420. The summed E-state index contributed by atoms with van der Waals surface area (Å²) in [7, 11) is 0. The summed E-state index contributed by atoms with van der Waals surface area (Å²) in [6.45, 7) is 0.987. The lowest BCUT2D eigenvalue weighted by Crippen LogP contribution is -2.33. The van der Waals surface area contributed by atoms with E-state index in [4.69, 9.17) is 0 Å². The third kappa shape index (κ3) is 3.23. The van der Waals surface area contributed by atoms with E-state index in [1.54, 1.807) is 0 Å². The summed E-state index contributed by atoms with van der Waals surface area (Å²) >= 11 is 4.42. The first-order valence-corrected chi connectivity index (χ1v) is 6.91. The second-order valence-corrected chi connectivity index (χ2v) is 5.38. The van der Waals surface area contributed by atoms with Crippen molar-refractivity contribution in [2.75, 3.05) is 24.2 Å². The lowest BCUT2D eigenvalue weighted by Gasteiger charge is -2.13. The number of halogens is 1. The Morgan fingerprint density at radius 3 is 2.59 bits per heavy atom. The minimum atomic E-state index is -0.146. The molecule has 1 aromatic carbocycles. The lowest BCUT2D eigenvalue weighted by molar-refractivity contribution is -0.124. The van der Waals surface area contributed by atoms with Crippen LogP contribution in [0.2, 0.25) is 0 Å². The number of rotatable bonds is 4. The molecule has 1 aromatic rings. The van der Waals surface area contributed by atoms with Crippen LogP contribution in [0.25, 0.3) is 0 Å². The van der Waals surface area contributed by atoms with Crippen molar-refractivity contribution in [3.8, 4) is 0 Å². The average molecular weight is 315 g/mol. The summed E-state index contributed by atoms with van der Waals surface area (Å²) in [6.07, 6.45) is 0. The largest absolute Gasteiger partial charge is 0.383 e. The van der Waals surface area contributed by atoms with Crippen LogP contribution < -0.4 is 5.32 Å². The number of amides is 2. The van der Waals surface area contributed by atoms with Gasteiger partial charge in [-0.05, 0) is 24.3 Å². The van der Waals surface area contributed by atoms with Crippen LogP contribution in [-0.4, -0.2) is 34.9 Å². The predicted octanol–water partition coefficient (Wildman–Crippen LogP) is 2.56. The topological polar surface area (TPSA) is 49.4 Å². The van der Waals surface area contributed by atoms with Crippen molar-refractivity contribution in [3.63, 3.8) is 0 Å². The third-order valence-electron chi connectivity index (χ3n) is 2.35. The van der Waals surface area contributed by atoms with Gasteiger partial charge in [0, 0.05) is 23.2 Å². The molecule has 1 aliphatic heterocycles. The minimum Gasteiger partial charge on any atom is -0.383 e. The molecule has 0 bridgehead atoms. The SMILES string of the molecule is O=C1CSC(=O)N1CCNc1ccc(Br)cc1. The molecule has 1 fully saturated rings. The van der Waals surface area contributed by atoms with Gasteiger partial charge in [0.05, 0.1) is 5.75 Å². The summed E-state index contributed by atoms with van der Waals surface area (Å²) in [4.78, 5) is 23.9. The van der Waals surface area contributed by atoms with Crippen molar-refractivity contribution < 1.29 is 9.59 Å². The van der Waals surface area contributed by atoms with Gasteiger partial charge in [-0.2, -0.15) is 0 Å². The highest BCUT2D eigenvalue weighted by Crippen LogP contribution is 2.18. The van der Waals surface area contributed by atoms with E-state index >= 15 is 0 Å². The maximum atomic E-state index is 11.3. The van der Waals surface area contributed by atoms with E-state index in [2.05, 4.69) is 21.2 Å². The molecule has 17 heavy (non-hydrogen) atoms. The van der Waals surface area contributed by atoms with E-state index in [0.29, 0.717) is 13.1 Å². The molecule has 6 heteroatoms. The Morgan fingerprint density at radius 2 is 2.00 bits per heavy atom. The second-order valence-electron chi connectivity index (χ2n) is 3.53. The standard InChI is InChI=1S/C11H11BrN2O2S/c12-8-1-3-9(4-2-8)13-5-6-14-10(15)7-17-11(14)16/h1-4,13H,5-7H2. The van der Waals surface area contributed by atoms with Crippen molar-refractivity contribution in [1.29, 1.82) is 0 Å². The fourth-order valence-electron chi connectivity index (χ4n) is 1.48. The van der Waals surface area contributed by atoms with Crippen LogP contribution in [0.15, 0.2) is 28.7 Å². The van der Waals surface area contributed by atoms with E-state index in [0.717, 1.165) is 21.9 Å². The zero-order valence-corrected chi connectivity index (χ0v) is 11.4. The fourth-order valence-corrected chi connectivity index (χ4v) is 2.49. The molecule has 1 saturated heterocycles. The molecule has 0 spiro atoms. The fraction of sp³-hybridized carbons (Fsp3) is 0.273. The molecule has 1 heterocycles. The molecule has 1 aliphatic rings. The highest BCUT2D eigenvalue weighted by molar-refractivity contribution is 9.10. The second kappa shape index (κ2) is 5.55. The summed E-state index contributed by atoms with van der Waals surface area (Å²) in [5.74, 6) is 0.175. The Balaban J connectivity index is 1.81. The number of carbonyl (C=O) groups excluding carboxylic acids is 2. The first kappa shape index (κ1) is 12.4. The zero-order valence-electron chi connectivity index (χ0n) is 8.98.